The molecule has 0 fully saturated rings. The Kier molecular flexibility index (Phi) is 4.51. The molecule has 4 N–H and O–H groups in total. The van der Waals surface area contributed by atoms with Gasteiger partial charge < -0.3 is 16.2 Å². The standard InChI is InChI=1S/C12H16N2O3/c1-8(12(16)17)14-11(15)7-6-9-4-2-3-5-10(9)13/h2-5,8H,6-7,13H2,1H3,(H,14,15)(H,16,17)/t8-/m1/s1. The summed E-state index contributed by atoms with van der Waals surface area (Å²) in [5.41, 5.74) is 7.27. The number of nitrogens with one attached hydrogen (secondary N) is 1. The molecule has 1 aromatic carbocycles. The van der Waals surface area contributed by atoms with Crippen LogP contribution in [0.1, 0.15) is 18.9 Å². The third kappa shape index (κ3) is 4.14. The van der Waals surface area contributed by atoms with Crippen LogP contribution in [0.2, 0.25) is 0 Å². The number of aliphatic carboxylic acids is 1. The smallest absolute Gasteiger partial charge is 0.325 e. The van der Waals surface area contributed by atoms with E-state index in [2.05, 4.69) is 5.32 Å². The van der Waals surface area contributed by atoms with E-state index in [9.17, 15) is 9.59 Å². The molecule has 1 aromatic rings. The molecule has 0 unspecified atom stereocenters. The molecule has 0 aliphatic rings. The molecule has 92 valence electrons. The SMILES string of the molecule is C[C@@H](NC(=O)CCc1ccccc1N)C(=O)O. The van der Waals surface area contributed by atoms with Crippen LogP contribution < -0.4 is 11.1 Å². The van der Waals surface area contributed by atoms with Crippen LogP contribution in [-0.2, 0) is 16.0 Å². The maximum Gasteiger partial charge on any atom is 0.325 e. The Morgan fingerprint density at radius 3 is 2.65 bits per heavy atom. The topological polar surface area (TPSA) is 92.4 Å². The predicted molar refractivity (Wildman–Crippen MR) is 64.4 cm³/mol. The van der Waals surface area contributed by atoms with E-state index in [1.165, 1.54) is 6.92 Å². The number of hydrogen-bond donors (Lipinski definition) is 3. The molecule has 0 saturated carbocycles. The van der Waals surface area contributed by atoms with E-state index < -0.39 is 12.0 Å². The highest BCUT2D eigenvalue weighted by atomic mass is 16.4. The fourth-order valence-corrected chi connectivity index (χ4v) is 1.39. The lowest BCUT2D eigenvalue weighted by Gasteiger charge is -2.09. The Morgan fingerprint density at radius 1 is 1.41 bits per heavy atom. The number of nitrogens with two attached hydrogens (primary N) is 1. The summed E-state index contributed by atoms with van der Waals surface area (Å²) in [6.45, 7) is 1.43. The Balaban J connectivity index is 2.44. The van der Waals surface area contributed by atoms with Gasteiger partial charge in [0.25, 0.3) is 0 Å². The van der Waals surface area contributed by atoms with Crippen LogP contribution in [0.3, 0.4) is 0 Å². The molecule has 0 aliphatic heterocycles. The number of anilines is 1. The number of carboxylic acid groups (broad SMARTS) is 1. The molecule has 1 atom stereocenters. The third-order valence-corrected chi connectivity index (χ3v) is 2.42. The Labute approximate surface area is 99.6 Å². The first-order valence-corrected chi connectivity index (χ1v) is 5.36. The van der Waals surface area contributed by atoms with E-state index in [1.807, 2.05) is 18.2 Å². The molecule has 1 rings (SSSR count). The zero-order valence-electron chi connectivity index (χ0n) is 9.64. The minimum absolute atomic E-state index is 0.228. The van der Waals surface area contributed by atoms with E-state index >= 15 is 0 Å². The molecule has 1 amide bonds. The van der Waals surface area contributed by atoms with Gasteiger partial charge in [-0.05, 0) is 25.0 Å². The van der Waals surface area contributed by atoms with E-state index in [4.69, 9.17) is 10.8 Å². The van der Waals surface area contributed by atoms with Gasteiger partial charge in [0, 0.05) is 12.1 Å². The average Bonchev–Trinajstić information content (AvgIpc) is 2.27. The van der Waals surface area contributed by atoms with Gasteiger partial charge in [-0.1, -0.05) is 18.2 Å². The van der Waals surface area contributed by atoms with E-state index in [-0.39, 0.29) is 12.3 Å². The number of para-hydroxylation sites is 1. The lowest BCUT2D eigenvalue weighted by molar-refractivity contribution is -0.141. The normalized spacial score (nSPS) is 11.8. The highest BCUT2D eigenvalue weighted by Crippen LogP contribution is 2.12. The van der Waals surface area contributed by atoms with E-state index in [1.54, 1.807) is 6.07 Å². The van der Waals surface area contributed by atoms with Gasteiger partial charge in [0.1, 0.15) is 6.04 Å². The molecule has 0 aliphatic carbocycles. The number of benzene rings is 1. The molecule has 0 bridgehead atoms. The number of hydrogen-bond acceptors (Lipinski definition) is 3. The predicted octanol–water partition coefficient (Wildman–Crippen LogP) is 0.791. The van der Waals surface area contributed by atoms with Crippen molar-refractivity contribution in [3.63, 3.8) is 0 Å². The van der Waals surface area contributed by atoms with Crippen molar-refractivity contribution in [2.75, 3.05) is 5.73 Å². The molecular weight excluding hydrogens is 220 g/mol. The number of amides is 1. The van der Waals surface area contributed by atoms with Gasteiger partial charge in [0.05, 0.1) is 0 Å². The summed E-state index contributed by atoms with van der Waals surface area (Å²) in [7, 11) is 0. The zero-order valence-corrected chi connectivity index (χ0v) is 9.64. The first-order chi connectivity index (χ1) is 8.00. The van der Waals surface area contributed by atoms with Crippen molar-refractivity contribution >= 4 is 17.6 Å². The van der Waals surface area contributed by atoms with Crippen molar-refractivity contribution in [1.29, 1.82) is 0 Å². The molecule has 0 aromatic heterocycles. The molecule has 0 radical (unpaired) electrons. The van der Waals surface area contributed by atoms with Crippen molar-refractivity contribution < 1.29 is 14.7 Å². The summed E-state index contributed by atoms with van der Waals surface area (Å²) in [6.07, 6.45) is 0.733. The first kappa shape index (κ1) is 13.0. The summed E-state index contributed by atoms with van der Waals surface area (Å²) >= 11 is 0. The molecule has 5 nitrogen and oxygen atoms in total. The second kappa shape index (κ2) is 5.89. The number of carbonyl (C=O) groups is 2. The number of nitrogen functional groups attached to an aromatic ring is 1. The third-order valence-electron chi connectivity index (χ3n) is 2.42. The van der Waals surface area contributed by atoms with E-state index in [0.29, 0.717) is 12.1 Å². The minimum Gasteiger partial charge on any atom is -0.480 e. The summed E-state index contributed by atoms with van der Waals surface area (Å²) in [5.74, 6) is -1.33. The summed E-state index contributed by atoms with van der Waals surface area (Å²) < 4.78 is 0. The van der Waals surface area contributed by atoms with Gasteiger partial charge in [0.15, 0.2) is 0 Å². The fraction of sp³-hybridized carbons (Fsp3) is 0.333. The molecule has 0 saturated heterocycles. The van der Waals surface area contributed by atoms with Gasteiger partial charge in [-0.15, -0.1) is 0 Å². The second-order valence-electron chi connectivity index (χ2n) is 3.83. The lowest BCUT2D eigenvalue weighted by atomic mass is 10.1. The molecule has 0 heterocycles. The van der Waals surface area contributed by atoms with E-state index in [0.717, 1.165) is 5.56 Å². The van der Waals surface area contributed by atoms with Crippen molar-refractivity contribution in [3.05, 3.63) is 29.8 Å². The number of carboxylic acids is 1. The zero-order chi connectivity index (χ0) is 12.8. The minimum atomic E-state index is -1.04. The second-order valence-corrected chi connectivity index (χ2v) is 3.83. The van der Waals surface area contributed by atoms with Crippen molar-refractivity contribution in [1.82, 2.24) is 5.32 Å². The Bertz CT molecular complexity index is 418. The number of aryl methyl sites for hydroxylation is 1. The van der Waals surface area contributed by atoms with Crippen LogP contribution in [0, 0.1) is 0 Å². The Hall–Kier alpha value is -2.04. The van der Waals surface area contributed by atoms with Crippen molar-refractivity contribution in [3.8, 4) is 0 Å². The largest absolute Gasteiger partial charge is 0.480 e. The van der Waals surface area contributed by atoms with Crippen molar-refractivity contribution in [2.24, 2.45) is 0 Å². The summed E-state index contributed by atoms with van der Waals surface area (Å²) in [5, 5.41) is 11.0. The van der Waals surface area contributed by atoms with Crippen LogP contribution in [0.25, 0.3) is 0 Å². The monoisotopic (exact) mass is 236 g/mol. The first-order valence-electron chi connectivity index (χ1n) is 5.36. The summed E-state index contributed by atoms with van der Waals surface area (Å²) in [6, 6.07) is 6.43. The number of rotatable bonds is 5. The van der Waals surface area contributed by atoms with Gasteiger partial charge in [-0.25, -0.2) is 0 Å². The van der Waals surface area contributed by atoms with Crippen LogP contribution >= 0.6 is 0 Å². The maximum atomic E-state index is 11.4. The fourth-order valence-electron chi connectivity index (χ4n) is 1.39. The number of carbonyl (C=O) groups excluding carboxylic acids is 1. The highest BCUT2D eigenvalue weighted by molar-refractivity contribution is 5.83. The lowest BCUT2D eigenvalue weighted by Crippen LogP contribution is -2.38. The van der Waals surface area contributed by atoms with Crippen LogP contribution in [0.5, 0.6) is 0 Å². The maximum absolute atomic E-state index is 11.4. The summed E-state index contributed by atoms with van der Waals surface area (Å²) in [4.78, 5) is 22.0. The molecule has 5 heteroatoms. The van der Waals surface area contributed by atoms with Gasteiger partial charge in [-0.3, -0.25) is 9.59 Å². The quantitative estimate of drug-likeness (QED) is 0.659. The van der Waals surface area contributed by atoms with Gasteiger partial charge in [-0.2, -0.15) is 0 Å². The van der Waals surface area contributed by atoms with Gasteiger partial charge >= 0.3 is 5.97 Å². The average molecular weight is 236 g/mol. The van der Waals surface area contributed by atoms with Crippen LogP contribution in [0.4, 0.5) is 5.69 Å². The molecular formula is C12H16N2O3. The Morgan fingerprint density at radius 2 is 2.06 bits per heavy atom. The van der Waals surface area contributed by atoms with Crippen LogP contribution in [0.15, 0.2) is 24.3 Å². The van der Waals surface area contributed by atoms with Crippen LogP contribution in [-0.4, -0.2) is 23.0 Å². The van der Waals surface area contributed by atoms with Crippen molar-refractivity contribution in [2.45, 2.75) is 25.8 Å². The van der Waals surface area contributed by atoms with Gasteiger partial charge in [0.2, 0.25) is 5.91 Å². The molecule has 17 heavy (non-hydrogen) atoms. The molecule has 0 spiro atoms. The highest BCUT2D eigenvalue weighted by Gasteiger charge is 2.13.